The van der Waals surface area contributed by atoms with Crippen molar-refractivity contribution in [3.63, 3.8) is 0 Å². The molecule has 0 saturated carbocycles. The van der Waals surface area contributed by atoms with Gasteiger partial charge in [0.2, 0.25) is 11.8 Å². The summed E-state index contributed by atoms with van der Waals surface area (Å²) >= 11 is 1.16. The number of aryl methyl sites for hydroxylation is 2. The molecular formula is C23H23N3O3S. The smallest absolute Gasteiger partial charge is 0.234 e. The number of nitrogens with one attached hydrogen (secondary N) is 2. The molecule has 2 aromatic rings. The molecule has 7 heteroatoms. The molecule has 0 aliphatic carbocycles. The number of benzene rings is 2. The highest BCUT2D eigenvalue weighted by Crippen LogP contribution is 2.36. The predicted octanol–water partition coefficient (Wildman–Crippen LogP) is 4.02. The Kier molecular flexibility index (Phi) is 6.80. The molecule has 0 spiro atoms. The maximum absolute atomic E-state index is 12.4. The first kappa shape index (κ1) is 21.5. The SMILES string of the molecule is COc1ccc([C@H]2CC(=O)NC(SCC(=O)Nc3cc(C)cc(C)c3)=C2C#N)cc1. The minimum atomic E-state index is -0.348. The number of hydrogen-bond donors (Lipinski definition) is 2. The van der Waals surface area contributed by atoms with Gasteiger partial charge in [-0.3, -0.25) is 9.59 Å². The summed E-state index contributed by atoms with van der Waals surface area (Å²) < 4.78 is 5.18. The fourth-order valence-electron chi connectivity index (χ4n) is 3.44. The molecule has 3 rings (SSSR count). The lowest BCUT2D eigenvalue weighted by Gasteiger charge is -2.25. The quantitative estimate of drug-likeness (QED) is 0.735. The van der Waals surface area contributed by atoms with Crippen LogP contribution in [0.15, 0.2) is 53.1 Å². The van der Waals surface area contributed by atoms with Crippen molar-refractivity contribution in [3.05, 3.63) is 69.8 Å². The molecule has 0 radical (unpaired) electrons. The minimum absolute atomic E-state index is 0.0864. The van der Waals surface area contributed by atoms with Crippen molar-refractivity contribution >= 4 is 29.3 Å². The number of ether oxygens (including phenoxy) is 1. The summed E-state index contributed by atoms with van der Waals surface area (Å²) in [6.07, 6.45) is 0.189. The van der Waals surface area contributed by atoms with Gasteiger partial charge in [-0.1, -0.05) is 30.0 Å². The van der Waals surface area contributed by atoms with Crippen LogP contribution in [0, 0.1) is 25.2 Å². The third-order valence-electron chi connectivity index (χ3n) is 4.73. The van der Waals surface area contributed by atoms with E-state index < -0.39 is 0 Å². The molecule has 1 heterocycles. The molecule has 0 saturated heterocycles. The maximum atomic E-state index is 12.4. The van der Waals surface area contributed by atoms with Crippen molar-refractivity contribution in [1.82, 2.24) is 5.32 Å². The Labute approximate surface area is 180 Å². The van der Waals surface area contributed by atoms with Gasteiger partial charge in [-0.05, 0) is 54.8 Å². The number of nitriles is 1. The summed E-state index contributed by atoms with van der Waals surface area (Å²) in [7, 11) is 1.58. The predicted molar refractivity (Wildman–Crippen MR) is 118 cm³/mol. The van der Waals surface area contributed by atoms with Gasteiger partial charge in [0.25, 0.3) is 0 Å². The molecule has 1 aliphatic heterocycles. The maximum Gasteiger partial charge on any atom is 0.234 e. The van der Waals surface area contributed by atoms with Gasteiger partial charge in [-0.2, -0.15) is 5.26 Å². The van der Waals surface area contributed by atoms with Crippen LogP contribution < -0.4 is 15.4 Å². The van der Waals surface area contributed by atoms with Crippen LogP contribution in [0.4, 0.5) is 5.69 Å². The number of carbonyl (C=O) groups is 2. The number of methoxy groups -OCH3 is 1. The number of nitrogens with zero attached hydrogens (tertiary/aromatic N) is 1. The molecule has 0 aromatic heterocycles. The molecule has 1 atom stereocenters. The number of carbonyl (C=O) groups excluding carboxylic acids is 2. The average molecular weight is 422 g/mol. The van der Waals surface area contributed by atoms with Gasteiger partial charge in [-0.25, -0.2) is 0 Å². The average Bonchev–Trinajstić information content (AvgIpc) is 2.71. The van der Waals surface area contributed by atoms with Crippen LogP contribution >= 0.6 is 11.8 Å². The Morgan fingerprint density at radius 1 is 1.23 bits per heavy atom. The summed E-state index contributed by atoms with van der Waals surface area (Å²) in [4.78, 5) is 24.7. The number of thioether (sulfide) groups is 1. The third kappa shape index (κ3) is 5.22. The van der Waals surface area contributed by atoms with E-state index in [1.54, 1.807) is 19.2 Å². The van der Waals surface area contributed by atoms with Gasteiger partial charge in [0.15, 0.2) is 0 Å². The second-order valence-electron chi connectivity index (χ2n) is 7.15. The zero-order chi connectivity index (χ0) is 21.7. The monoisotopic (exact) mass is 421 g/mol. The van der Waals surface area contributed by atoms with Crippen LogP contribution in [0.2, 0.25) is 0 Å². The Bertz CT molecular complexity index is 1020. The normalized spacial score (nSPS) is 15.9. The summed E-state index contributed by atoms with van der Waals surface area (Å²) in [5.41, 5.74) is 4.18. The van der Waals surface area contributed by atoms with Gasteiger partial charge in [0.05, 0.1) is 29.5 Å². The molecule has 0 bridgehead atoms. The topological polar surface area (TPSA) is 91.2 Å². The van der Waals surface area contributed by atoms with Gasteiger partial charge in [-0.15, -0.1) is 0 Å². The van der Waals surface area contributed by atoms with E-state index in [1.807, 2.05) is 44.2 Å². The number of rotatable bonds is 6. The number of hydrogen-bond acceptors (Lipinski definition) is 5. The number of anilines is 1. The lowest BCUT2D eigenvalue weighted by molar-refractivity contribution is -0.121. The first-order chi connectivity index (χ1) is 14.4. The summed E-state index contributed by atoms with van der Waals surface area (Å²) in [6, 6.07) is 15.4. The Balaban J connectivity index is 1.75. The second kappa shape index (κ2) is 9.51. The van der Waals surface area contributed by atoms with Crippen LogP contribution in [0.3, 0.4) is 0 Å². The highest BCUT2D eigenvalue weighted by molar-refractivity contribution is 8.03. The first-order valence-electron chi connectivity index (χ1n) is 9.48. The van der Waals surface area contributed by atoms with Crippen molar-refractivity contribution in [2.24, 2.45) is 0 Å². The highest BCUT2D eigenvalue weighted by atomic mass is 32.2. The van der Waals surface area contributed by atoms with Crippen molar-refractivity contribution < 1.29 is 14.3 Å². The van der Waals surface area contributed by atoms with E-state index in [1.165, 1.54) is 0 Å². The molecule has 2 amide bonds. The minimum Gasteiger partial charge on any atom is -0.497 e. The number of amides is 2. The van der Waals surface area contributed by atoms with Gasteiger partial charge < -0.3 is 15.4 Å². The zero-order valence-electron chi connectivity index (χ0n) is 17.1. The molecule has 0 unspecified atom stereocenters. The van der Waals surface area contributed by atoms with Crippen LogP contribution in [0.5, 0.6) is 5.75 Å². The summed E-state index contributed by atoms with van der Waals surface area (Å²) in [5, 5.41) is 15.8. The first-order valence-corrected chi connectivity index (χ1v) is 10.5. The largest absolute Gasteiger partial charge is 0.497 e. The highest BCUT2D eigenvalue weighted by Gasteiger charge is 2.29. The van der Waals surface area contributed by atoms with E-state index in [0.29, 0.717) is 16.4 Å². The standard InChI is InChI=1S/C23H23N3O3S/c1-14-8-15(2)10-17(9-14)25-22(28)13-30-23-20(12-24)19(11-21(27)26-23)16-4-6-18(29-3)7-5-16/h4-10,19H,11,13H2,1-3H3,(H,25,28)(H,26,27)/t19-/m1/s1. The Morgan fingerprint density at radius 3 is 2.50 bits per heavy atom. The van der Waals surface area contributed by atoms with E-state index in [9.17, 15) is 14.9 Å². The molecule has 1 aliphatic rings. The molecule has 2 aromatic carbocycles. The lowest BCUT2D eigenvalue weighted by atomic mass is 9.87. The molecule has 30 heavy (non-hydrogen) atoms. The number of allylic oxidation sites excluding steroid dienone is 1. The molecule has 154 valence electrons. The summed E-state index contributed by atoms with van der Waals surface area (Å²) in [6.45, 7) is 3.94. The molecule has 0 fully saturated rings. The third-order valence-corrected chi connectivity index (χ3v) is 5.74. The van der Waals surface area contributed by atoms with Crippen LogP contribution in [-0.4, -0.2) is 24.7 Å². The van der Waals surface area contributed by atoms with Crippen molar-refractivity contribution in [2.45, 2.75) is 26.2 Å². The molecule has 2 N–H and O–H groups in total. The van der Waals surface area contributed by atoms with E-state index in [2.05, 4.69) is 16.7 Å². The van der Waals surface area contributed by atoms with E-state index in [4.69, 9.17) is 4.74 Å². The fraction of sp³-hybridized carbons (Fsp3) is 0.261. The lowest BCUT2D eigenvalue weighted by Crippen LogP contribution is -2.31. The Hall–Kier alpha value is -3.24. The van der Waals surface area contributed by atoms with E-state index in [-0.39, 0.29) is 29.9 Å². The van der Waals surface area contributed by atoms with Crippen molar-refractivity contribution in [3.8, 4) is 11.8 Å². The van der Waals surface area contributed by atoms with E-state index in [0.717, 1.165) is 34.1 Å². The summed E-state index contributed by atoms with van der Waals surface area (Å²) in [5.74, 6) is 0.0739. The second-order valence-corrected chi connectivity index (χ2v) is 8.13. The van der Waals surface area contributed by atoms with Crippen LogP contribution in [0.25, 0.3) is 0 Å². The van der Waals surface area contributed by atoms with Gasteiger partial charge >= 0.3 is 0 Å². The van der Waals surface area contributed by atoms with Crippen LogP contribution in [0.1, 0.15) is 29.0 Å². The molecule has 6 nitrogen and oxygen atoms in total. The van der Waals surface area contributed by atoms with Gasteiger partial charge in [0, 0.05) is 18.0 Å². The van der Waals surface area contributed by atoms with E-state index >= 15 is 0 Å². The van der Waals surface area contributed by atoms with Crippen molar-refractivity contribution in [2.75, 3.05) is 18.2 Å². The Morgan fingerprint density at radius 2 is 1.90 bits per heavy atom. The molecular weight excluding hydrogens is 398 g/mol. The fourth-order valence-corrected chi connectivity index (χ4v) is 4.31. The van der Waals surface area contributed by atoms with Gasteiger partial charge in [0.1, 0.15) is 5.75 Å². The zero-order valence-corrected chi connectivity index (χ0v) is 17.9. The van der Waals surface area contributed by atoms with Crippen LogP contribution in [-0.2, 0) is 9.59 Å². The van der Waals surface area contributed by atoms with Crippen molar-refractivity contribution in [1.29, 1.82) is 5.26 Å².